The summed E-state index contributed by atoms with van der Waals surface area (Å²) in [5.41, 5.74) is 5.80. The summed E-state index contributed by atoms with van der Waals surface area (Å²) in [7, 11) is 0. The summed E-state index contributed by atoms with van der Waals surface area (Å²) in [5.74, 6) is -0.568. The first-order valence-corrected chi connectivity index (χ1v) is 9.27. The van der Waals surface area contributed by atoms with E-state index in [9.17, 15) is 9.59 Å². The molecule has 3 N–H and O–H groups in total. The van der Waals surface area contributed by atoms with Gasteiger partial charge in [-0.1, -0.05) is 31.4 Å². The summed E-state index contributed by atoms with van der Waals surface area (Å²) in [5, 5.41) is 3.79. The molecule has 1 atom stereocenters. The van der Waals surface area contributed by atoms with E-state index in [4.69, 9.17) is 10.7 Å². The highest BCUT2D eigenvalue weighted by atomic mass is 32.1. The van der Waals surface area contributed by atoms with Crippen LogP contribution < -0.4 is 11.1 Å². The summed E-state index contributed by atoms with van der Waals surface area (Å²) in [6.45, 7) is 1.63. The lowest BCUT2D eigenvalue weighted by Crippen LogP contribution is -2.50. The van der Waals surface area contributed by atoms with E-state index in [1.165, 1.54) is 0 Å². The Morgan fingerprint density at radius 3 is 2.67 bits per heavy atom. The van der Waals surface area contributed by atoms with Gasteiger partial charge in [-0.3, -0.25) is 9.59 Å². The lowest BCUT2D eigenvalue weighted by Gasteiger charge is -2.36. The van der Waals surface area contributed by atoms with E-state index in [-0.39, 0.29) is 5.91 Å². The van der Waals surface area contributed by atoms with Crippen LogP contribution in [-0.2, 0) is 16.0 Å². The highest BCUT2D eigenvalue weighted by molar-refractivity contribution is 7.18. The summed E-state index contributed by atoms with van der Waals surface area (Å²) >= 11 is 1.65. The molecule has 1 aliphatic carbocycles. The first-order valence-electron chi connectivity index (χ1n) is 8.45. The topological polar surface area (TPSA) is 85.1 Å². The number of para-hydroxylation sites is 1. The fraction of sp³-hybridized carbons (Fsp3) is 0.500. The second-order valence-corrected chi connectivity index (χ2v) is 7.81. The number of thiazole rings is 1. The van der Waals surface area contributed by atoms with Gasteiger partial charge in [-0.2, -0.15) is 0 Å². The smallest absolute Gasteiger partial charge is 0.239 e. The van der Waals surface area contributed by atoms with Crippen LogP contribution in [0.4, 0.5) is 0 Å². The van der Waals surface area contributed by atoms with Gasteiger partial charge in [0.05, 0.1) is 20.6 Å². The molecule has 0 aliphatic heterocycles. The first kappa shape index (κ1) is 16.9. The quantitative estimate of drug-likeness (QED) is 0.874. The van der Waals surface area contributed by atoms with E-state index in [1.54, 1.807) is 18.3 Å². The number of benzene rings is 1. The molecule has 0 bridgehead atoms. The predicted molar refractivity (Wildman–Crippen MR) is 95.6 cm³/mol. The zero-order valence-electron chi connectivity index (χ0n) is 13.9. The Bertz CT molecular complexity index is 717. The van der Waals surface area contributed by atoms with Gasteiger partial charge in [-0.25, -0.2) is 4.98 Å². The number of hydrogen-bond donors (Lipinski definition) is 2. The van der Waals surface area contributed by atoms with E-state index in [1.807, 2.05) is 18.2 Å². The van der Waals surface area contributed by atoms with Crippen LogP contribution in [0.1, 0.15) is 44.0 Å². The Morgan fingerprint density at radius 1 is 1.29 bits per heavy atom. The second kappa shape index (κ2) is 6.89. The van der Waals surface area contributed by atoms with Gasteiger partial charge in [-0.05, 0) is 31.9 Å². The molecule has 5 nitrogen and oxygen atoms in total. The molecular weight excluding hydrogens is 322 g/mol. The molecule has 1 heterocycles. The van der Waals surface area contributed by atoms with Crippen LogP contribution in [0.2, 0.25) is 0 Å². The van der Waals surface area contributed by atoms with Gasteiger partial charge in [0.1, 0.15) is 6.04 Å². The summed E-state index contributed by atoms with van der Waals surface area (Å²) in [6.07, 6.45) is 5.51. The van der Waals surface area contributed by atoms with Crippen LogP contribution in [-0.4, -0.2) is 22.8 Å². The third kappa shape index (κ3) is 3.43. The number of aromatic nitrogens is 1. The van der Waals surface area contributed by atoms with Gasteiger partial charge < -0.3 is 11.1 Å². The van der Waals surface area contributed by atoms with Crippen LogP contribution in [0.25, 0.3) is 10.2 Å². The molecule has 2 aromatic rings. The van der Waals surface area contributed by atoms with E-state index in [0.717, 1.165) is 47.3 Å². The third-order valence-electron chi connectivity index (χ3n) is 4.89. The Balaban J connectivity index is 1.85. The zero-order valence-corrected chi connectivity index (χ0v) is 14.7. The maximum absolute atomic E-state index is 12.9. The number of carbonyl (C=O) groups excluding carboxylic acids is 2. The average Bonchev–Trinajstić information content (AvgIpc) is 2.97. The fourth-order valence-electron chi connectivity index (χ4n) is 3.42. The average molecular weight is 345 g/mol. The van der Waals surface area contributed by atoms with Gasteiger partial charge in [0.2, 0.25) is 11.8 Å². The molecule has 1 fully saturated rings. The van der Waals surface area contributed by atoms with Crippen molar-refractivity contribution in [2.24, 2.45) is 11.1 Å². The number of nitrogens with zero attached hydrogens (tertiary/aromatic N) is 1. The van der Waals surface area contributed by atoms with Gasteiger partial charge in [0.15, 0.2) is 0 Å². The fourth-order valence-corrected chi connectivity index (χ4v) is 4.53. The summed E-state index contributed by atoms with van der Waals surface area (Å²) < 4.78 is 1.14. The minimum Gasteiger partial charge on any atom is -0.368 e. The zero-order chi connectivity index (χ0) is 17.2. The van der Waals surface area contributed by atoms with Crippen LogP contribution >= 0.6 is 11.3 Å². The largest absolute Gasteiger partial charge is 0.368 e. The van der Waals surface area contributed by atoms with Gasteiger partial charge in [-0.15, -0.1) is 11.3 Å². The van der Waals surface area contributed by atoms with Crippen molar-refractivity contribution in [2.75, 3.05) is 0 Å². The predicted octanol–water partition coefficient (Wildman–Crippen LogP) is 2.78. The number of primary amides is 1. The van der Waals surface area contributed by atoms with Crippen molar-refractivity contribution in [3.63, 3.8) is 0 Å². The van der Waals surface area contributed by atoms with Crippen LogP contribution in [0, 0.1) is 5.41 Å². The molecule has 0 unspecified atom stereocenters. The van der Waals surface area contributed by atoms with Crippen LogP contribution in [0.5, 0.6) is 0 Å². The second-order valence-electron chi connectivity index (χ2n) is 6.69. The monoisotopic (exact) mass is 345 g/mol. The van der Waals surface area contributed by atoms with Crippen molar-refractivity contribution in [1.82, 2.24) is 10.3 Å². The van der Waals surface area contributed by atoms with Gasteiger partial charge in [0.25, 0.3) is 0 Å². The molecule has 6 heteroatoms. The van der Waals surface area contributed by atoms with E-state index < -0.39 is 17.4 Å². The Morgan fingerprint density at radius 2 is 2.00 bits per heavy atom. The minimum atomic E-state index is -0.647. The number of nitrogens with two attached hydrogens (primary N) is 1. The number of carbonyl (C=O) groups is 2. The molecule has 0 radical (unpaired) electrons. The normalized spacial score (nSPS) is 18.2. The molecule has 1 aromatic heterocycles. The van der Waals surface area contributed by atoms with E-state index in [0.29, 0.717) is 6.42 Å². The highest BCUT2D eigenvalue weighted by Gasteiger charge is 2.41. The van der Waals surface area contributed by atoms with Crippen molar-refractivity contribution in [3.8, 4) is 0 Å². The Kier molecular flexibility index (Phi) is 4.85. The molecular formula is C18H23N3O2S. The molecule has 2 amide bonds. The van der Waals surface area contributed by atoms with Crippen molar-refractivity contribution in [3.05, 3.63) is 29.3 Å². The SMILES string of the molecule is C[C@@H](NC(=O)C1(Cc2nc3ccccc3s2)CCCCC1)C(N)=O. The lowest BCUT2D eigenvalue weighted by molar-refractivity contribution is -0.136. The van der Waals surface area contributed by atoms with Crippen molar-refractivity contribution in [1.29, 1.82) is 0 Å². The molecule has 1 aromatic carbocycles. The summed E-state index contributed by atoms with van der Waals surface area (Å²) in [6, 6.07) is 7.38. The van der Waals surface area contributed by atoms with Crippen LogP contribution in [0.15, 0.2) is 24.3 Å². The molecule has 1 saturated carbocycles. The molecule has 0 spiro atoms. The Labute approximate surface area is 145 Å². The van der Waals surface area contributed by atoms with Crippen molar-refractivity contribution in [2.45, 2.75) is 51.5 Å². The standard InChI is InChI=1S/C18H23N3O2S/c1-12(16(19)22)20-17(23)18(9-5-2-6-10-18)11-15-21-13-7-3-4-8-14(13)24-15/h3-4,7-8,12H,2,5-6,9-11H2,1H3,(H2,19,22)(H,20,23)/t12-/m1/s1. The maximum Gasteiger partial charge on any atom is 0.239 e. The lowest BCUT2D eigenvalue weighted by atomic mass is 9.71. The van der Waals surface area contributed by atoms with Crippen molar-refractivity contribution >= 4 is 33.4 Å². The Hall–Kier alpha value is -1.95. The molecule has 0 saturated heterocycles. The maximum atomic E-state index is 12.9. The number of hydrogen-bond acceptors (Lipinski definition) is 4. The van der Waals surface area contributed by atoms with E-state index in [2.05, 4.69) is 11.4 Å². The van der Waals surface area contributed by atoms with Crippen LogP contribution in [0.3, 0.4) is 0 Å². The third-order valence-corrected chi connectivity index (χ3v) is 5.93. The summed E-state index contributed by atoms with van der Waals surface area (Å²) in [4.78, 5) is 28.9. The molecule has 3 rings (SSSR count). The van der Waals surface area contributed by atoms with Gasteiger partial charge >= 0.3 is 0 Å². The minimum absolute atomic E-state index is 0.0623. The highest BCUT2D eigenvalue weighted by Crippen LogP contribution is 2.41. The number of fused-ring (bicyclic) bond motifs is 1. The number of nitrogens with one attached hydrogen (secondary N) is 1. The van der Waals surface area contributed by atoms with Crippen molar-refractivity contribution < 1.29 is 9.59 Å². The first-order chi connectivity index (χ1) is 11.5. The number of rotatable bonds is 5. The van der Waals surface area contributed by atoms with Gasteiger partial charge in [0, 0.05) is 6.42 Å². The number of amides is 2. The molecule has 24 heavy (non-hydrogen) atoms. The molecule has 128 valence electrons. The molecule has 1 aliphatic rings. The van der Waals surface area contributed by atoms with E-state index >= 15 is 0 Å².